The van der Waals surface area contributed by atoms with Gasteiger partial charge in [-0.3, -0.25) is 0 Å². The Kier molecular flexibility index (Phi) is 14.3. The first-order valence-corrected chi connectivity index (χ1v) is 13.3. The molecule has 0 aromatic carbocycles. The largest absolute Gasteiger partial charge is 0.373 e. The second kappa shape index (κ2) is 14.5. The van der Waals surface area contributed by atoms with Gasteiger partial charge in [-0.1, -0.05) is 55.4 Å². The van der Waals surface area contributed by atoms with Gasteiger partial charge in [0.2, 0.25) is 0 Å². The van der Waals surface area contributed by atoms with Gasteiger partial charge in [-0.25, -0.2) is 0 Å². The van der Waals surface area contributed by atoms with Crippen molar-refractivity contribution in [2.24, 2.45) is 16.6 Å². The average molecular weight is 492 g/mol. The highest BCUT2D eigenvalue weighted by atomic mass is 16.7. The fourth-order valence-corrected chi connectivity index (χ4v) is 4.11. The van der Waals surface area contributed by atoms with Crippen LogP contribution >= 0.6 is 0 Å². The van der Waals surface area contributed by atoms with Crippen molar-refractivity contribution in [2.75, 3.05) is 39.6 Å². The third-order valence-electron chi connectivity index (χ3n) is 6.28. The summed E-state index contributed by atoms with van der Waals surface area (Å²) in [6.07, 6.45) is 2.48. The molecule has 2 heterocycles. The topological polar surface area (TPSA) is 81.4 Å². The molecule has 2 aliphatic heterocycles. The monoisotopic (exact) mass is 491 g/mol. The van der Waals surface area contributed by atoms with Crippen molar-refractivity contribution in [1.29, 1.82) is 0 Å². The predicted molar refractivity (Wildman–Crippen MR) is 139 cm³/mol. The van der Waals surface area contributed by atoms with Gasteiger partial charge in [0.15, 0.2) is 11.6 Å². The van der Waals surface area contributed by atoms with Gasteiger partial charge in [-0.15, -0.1) is 0 Å². The summed E-state index contributed by atoms with van der Waals surface area (Å²) in [5.41, 5.74) is 4.67. The summed E-state index contributed by atoms with van der Waals surface area (Å²) in [6.45, 7) is 28.2. The van der Waals surface area contributed by atoms with Gasteiger partial charge in [0.1, 0.15) is 11.8 Å². The molecule has 0 amide bonds. The lowest BCUT2D eigenvalue weighted by Gasteiger charge is -2.54. The van der Waals surface area contributed by atoms with Crippen LogP contribution in [0.5, 0.6) is 0 Å². The molecule has 0 bridgehead atoms. The normalized spacial score (nSPS) is 30.6. The third kappa shape index (κ3) is 9.30. The van der Waals surface area contributed by atoms with E-state index in [4.69, 9.17) is 34.2 Å². The van der Waals surface area contributed by atoms with Crippen LogP contribution in [0.3, 0.4) is 0 Å². The van der Waals surface area contributed by atoms with E-state index in [1.54, 1.807) is 0 Å². The summed E-state index contributed by atoms with van der Waals surface area (Å²) in [5, 5.41) is 0. The van der Waals surface area contributed by atoms with Gasteiger partial charge < -0.3 is 34.2 Å². The molecule has 2 N–H and O–H groups in total. The van der Waals surface area contributed by atoms with Crippen molar-refractivity contribution in [3.8, 4) is 0 Å². The molecule has 206 valence electrons. The lowest BCUT2D eigenvalue weighted by atomic mass is 9.80. The Morgan fingerprint density at radius 2 is 1.29 bits per heavy atom. The molecular weight excluding hydrogens is 434 g/mol. The van der Waals surface area contributed by atoms with Crippen molar-refractivity contribution >= 4 is 0 Å². The van der Waals surface area contributed by atoms with Gasteiger partial charge in [0, 0.05) is 25.0 Å². The molecule has 0 aromatic heterocycles. The second-order valence-electron chi connectivity index (χ2n) is 10.7. The van der Waals surface area contributed by atoms with Crippen LogP contribution in [0.15, 0.2) is 0 Å². The summed E-state index contributed by atoms with van der Waals surface area (Å²) in [5.74, 6) is -1.20. The quantitative estimate of drug-likeness (QED) is 0.424. The van der Waals surface area contributed by atoms with E-state index in [9.17, 15) is 0 Å². The first-order valence-electron chi connectivity index (χ1n) is 13.3. The van der Waals surface area contributed by atoms with Gasteiger partial charge >= 0.3 is 0 Å². The Labute approximate surface area is 210 Å². The second-order valence-corrected chi connectivity index (χ2v) is 10.7. The Bertz CT molecular complexity index is 522. The minimum absolute atomic E-state index is 0.0740. The fraction of sp³-hybridized carbons (Fsp3) is 1.00. The zero-order valence-corrected chi connectivity index (χ0v) is 24.5. The van der Waals surface area contributed by atoms with Crippen LogP contribution in [0, 0.1) is 10.8 Å². The van der Waals surface area contributed by atoms with Crippen LogP contribution in [-0.4, -0.2) is 63.0 Å². The average Bonchev–Trinajstić information content (AvgIpc) is 2.79. The summed E-state index contributed by atoms with van der Waals surface area (Å²) < 4.78 is 36.0. The van der Waals surface area contributed by atoms with Crippen LogP contribution in [0.1, 0.15) is 102 Å². The number of ether oxygens (including phenoxy) is 6. The van der Waals surface area contributed by atoms with E-state index in [1.165, 1.54) is 0 Å². The first-order chi connectivity index (χ1) is 15.7. The van der Waals surface area contributed by atoms with E-state index >= 15 is 0 Å². The summed E-state index contributed by atoms with van der Waals surface area (Å²) >= 11 is 0. The van der Waals surface area contributed by atoms with Crippen LogP contribution in [-0.2, 0) is 28.4 Å². The van der Waals surface area contributed by atoms with E-state index < -0.39 is 17.3 Å². The smallest absolute Gasteiger partial charge is 0.194 e. The first kappa shape index (κ1) is 33.7. The molecule has 2 saturated heterocycles. The molecule has 1 atom stereocenters. The van der Waals surface area contributed by atoms with Crippen molar-refractivity contribution in [1.82, 2.24) is 0 Å². The Hall–Kier alpha value is -0.280. The lowest BCUT2D eigenvalue weighted by molar-refractivity contribution is -0.398. The van der Waals surface area contributed by atoms with E-state index in [1.807, 2.05) is 41.5 Å². The zero-order valence-electron chi connectivity index (χ0n) is 24.5. The highest BCUT2D eigenvalue weighted by Crippen LogP contribution is 2.45. The third-order valence-corrected chi connectivity index (χ3v) is 6.28. The summed E-state index contributed by atoms with van der Waals surface area (Å²) in [6, 6.07) is 0. The van der Waals surface area contributed by atoms with Gasteiger partial charge in [-0.05, 0) is 40.5 Å². The molecule has 7 nitrogen and oxygen atoms in total. The SMILES string of the molecule is CC.CCCOC(C)C1(CC)OCC2(CO1)COC(CC)(C(C)(C)C)OC2.CCOC(C)(C)N. The maximum Gasteiger partial charge on any atom is 0.194 e. The van der Waals surface area contributed by atoms with Crippen LogP contribution in [0.25, 0.3) is 0 Å². The molecule has 1 spiro atoms. The highest BCUT2D eigenvalue weighted by molar-refractivity contribution is 4.94. The molecule has 0 saturated carbocycles. The molecule has 2 aliphatic rings. The summed E-state index contributed by atoms with van der Waals surface area (Å²) in [4.78, 5) is 0. The number of nitrogens with two attached hydrogens (primary N) is 1. The number of rotatable bonds is 8. The van der Waals surface area contributed by atoms with Crippen LogP contribution < -0.4 is 5.73 Å². The molecule has 34 heavy (non-hydrogen) atoms. The Morgan fingerprint density at radius 3 is 1.59 bits per heavy atom. The van der Waals surface area contributed by atoms with Crippen LogP contribution in [0.2, 0.25) is 0 Å². The van der Waals surface area contributed by atoms with Crippen molar-refractivity contribution in [3.63, 3.8) is 0 Å². The zero-order chi connectivity index (χ0) is 26.7. The van der Waals surface area contributed by atoms with Gasteiger partial charge in [0.05, 0.1) is 31.8 Å². The van der Waals surface area contributed by atoms with Gasteiger partial charge in [-0.2, -0.15) is 0 Å². The molecule has 0 aliphatic carbocycles. The Balaban J connectivity index is 0.00000104. The maximum atomic E-state index is 6.29. The van der Waals surface area contributed by atoms with Crippen molar-refractivity contribution in [2.45, 2.75) is 126 Å². The van der Waals surface area contributed by atoms with Gasteiger partial charge in [0.25, 0.3) is 0 Å². The Morgan fingerprint density at radius 1 is 0.824 bits per heavy atom. The minimum atomic E-state index is -0.663. The minimum Gasteiger partial charge on any atom is -0.373 e. The molecule has 0 aromatic rings. The van der Waals surface area contributed by atoms with E-state index in [0.29, 0.717) is 33.0 Å². The fourth-order valence-electron chi connectivity index (χ4n) is 4.11. The molecule has 2 fully saturated rings. The molecule has 2 rings (SSSR count). The molecule has 1 unspecified atom stereocenters. The lowest BCUT2D eigenvalue weighted by Crippen LogP contribution is -2.63. The van der Waals surface area contributed by atoms with E-state index in [2.05, 4.69) is 41.5 Å². The van der Waals surface area contributed by atoms with E-state index in [0.717, 1.165) is 25.9 Å². The van der Waals surface area contributed by atoms with Crippen LogP contribution in [0.4, 0.5) is 0 Å². The highest BCUT2D eigenvalue weighted by Gasteiger charge is 2.54. The van der Waals surface area contributed by atoms with Crippen molar-refractivity contribution < 1.29 is 28.4 Å². The predicted octanol–water partition coefficient (Wildman–Crippen LogP) is 5.88. The molecule has 7 heteroatoms. The molecular formula is C27H57NO6. The van der Waals surface area contributed by atoms with Crippen molar-refractivity contribution in [3.05, 3.63) is 0 Å². The summed E-state index contributed by atoms with van der Waals surface area (Å²) in [7, 11) is 0. The number of hydrogen-bond donors (Lipinski definition) is 1. The number of hydrogen-bond acceptors (Lipinski definition) is 7. The maximum absolute atomic E-state index is 6.29. The standard InChI is InChI=1S/C20H38O5.C5H13NO.C2H6/c1-8-11-21-16(4)19(9-2)22-12-18(13-23-19)14-24-20(10-3,25-15-18)17(5,6)7;1-4-7-5(2,3)6;1-2/h16H,8-15H2,1-7H3;4,6H2,1-3H3;1-2H3. The van der Waals surface area contributed by atoms with E-state index in [-0.39, 0.29) is 16.9 Å². The molecule has 0 radical (unpaired) electrons.